The molecule has 0 atom stereocenters. The summed E-state index contributed by atoms with van der Waals surface area (Å²) >= 11 is 0. The van der Waals surface area contributed by atoms with Crippen LogP contribution in [-0.2, 0) is 4.79 Å². The Hall–Kier alpha value is -1.35. The van der Waals surface area contributed by atoms with Gasteiger partial charge in [-0.1, -0.05) is 30.3 Å². The van der Waals surface area contributed by atoms with E-state index in [1.165, 1.54) is 5.56 Å². The van der Waals surface area contributed by atoms with Crippen molar-refractivity contribution in [2.45, 2.75) is 38.0 Å². The summed E-state index contributed by atoms with van der Waals surface area (Å²) in [4.78, 5) is 12.0. The molecule has 1 amide bonds. The fourth-order valence-electron chi connectivity index (χ4n) is 2.87. The first kappa shape index (κ1) is 14.1. The van der Waals surface area contributed by atoms with Crippen molar-refractivity contribution in [2.75, 3.05) is 13.1 Å². The number of nitrogens with one attached hydrogen (secondary N) is 1. The molecule has 3 nitrogen and oxygen atoms in total. The molecule has 0 unspecified atom stereocenters. The van der Waals surface area contributed by atoms with Crippen LogP contribution in [-0.4, -0.2) is 19.0 Å². The van der Waals surface area contributed by atoms with Crippen LogP contribution in [0.3, 0.4) is 0 Å². The van der Waals surface area contributed by atoms with E-state index in [1.54, 1.807) is 0 Å². The third-order valence-electron chi connectivity index (χ3n) is 4.05. The Morgan fingerprint density at radius 2 is 1.84 bits per heavy atom. The summed E-state index contributed by atoms with van der Waals surface area (Å²) in [6.07, 6.45) is 5.13. The molecule has 1 saturated carbocycles. The van der Waals surface area contributed by atoms with Crippen LogP contribution in [0.2, 0.25) is 0 Å². The highest BCUT2D eigenvalue weighted by Gasteiger charge is 2.26. The van der Waals surface area contributed by atoms with Crippen molar-refractivity contribution in [3.63, 3.8) is 0 Å². The maximum Gasteiger partial charge on any atom is 0.223 e. The van der Waals surface area contributed by atoms with Crippen molar-refractivity contribution in [1.29, 1.82) is 0 Å². The zero-order valence-corrected chi connectivity index (χ0v) is 11.5. The predicted octanol–water partition coefficient (Wildman–Crippen LogP) is 2.43. The number of carbonyl (C=O) groups excluding carboxylic acids is 1. The van der Waals surface area contributed by atoms with Gasteiger partial charge in [-0.3, -0.25) is 4.79 Å². The van der Waals surface area contributed by atoms with Crippen LogP contribution < -0.4 is 11.1 Å². The zero-order valence-electron chi connectivity index (χ0n) is 11.5. The minimum absolute atomic E-state index is 0.206. The van der Waals surface area contributed by atoms with Gasteiger partial charge < -0.3 is 11.1 Å². The summed E-state index contributed by atoms with van der Waals surface area (Å²) in [5.41, 5.74) is 6.85. The Morgan fingerprint density at radius 1 is 1.16 bits per heavy atom. The van der Waals surface area contributed by atoms with Crippen LogP contribution in [0, 0.1) is 5.92 Å². The summed E-state index contributed by atoms with van der Waals surface area (Å²) in [5, 5.41) is 2.99. The number of hydrogen-bond acceptors (Lipinski definition) is 2. The van der Waals surface area contributed by atoms with Gasteiger partial charge in [-0.2, -0.15) is 0 Å². The average Bonchev–Trinajstić information content (AvgIpc) is 2.48. The van der Waals surface area contributed by atoms with Crippen LogP contribution >= 0.6 is 0 Å². The van der Waals surface area contributed by atoms with Crippen molar-refractivity contribution in [1.82, 2.24) is 5.32 Å². The average molecular weight is 260 g/mol. The predicted molar refractivity (Wildman–Crippen MR) is 77.8 cm³/mol. The van der Waals surface area contributed by atoms with Crippen LogP contribution in [0.1, 0.15) is 43.6 Å². The molecule has 3 N–H and O–H groups in total. The smallest absolute Gasteiger partial charge is 0.223 e. The number of carbonyl (C=O) groups is 1. The fraction of sp³-hybridized carbons (Fsp3) is 0.562. The maximum absolute atomic E-state index is 12.0. The van der Waals surface area contributed by atoms with Crippen molar-refractivity contribution in [3.8, 4) is 0 Å². The lowest BCUT2D eigenvalue weighted by Crippen LogP contribution is -2.34. The molecule has 1 aromatic carbocycles. The van der Waals surface area contributed by atoms with Gasteiger partial charge in [0.15, 0.2) is 0 Å². The van der Waals surface area contributed by atoms with Gasteiger partial charge in [-0.15, -0.1) is 0 Å². The summed E-state index contributed by atoms with van der Waals surface area (Å²) in [6, 6.07) is 10.7. The third kappa shape index (κ3) is 4.06. The zero-order chi connectivity index (χ0) is 13.5. The monoisotopic (exact) mass is 260 g/mol. The van der Waals surface area contributed by atoms with Crippen molar-refractivity contribution < 1.29 is 4.79 Å². The lowest BCUT2D eigenvalue weighted by atomic mass is 9.78. The van der Waals surface area contributed by atoms with Crippen LogP contribution in [0.4, 0.5) is 0 Å². The molecule has 0 aliphatic heterocycles. The molecule has 1 fully saturated rings. The van der Waals surface area contributed by atoms with E-state index in [0.29, 0.717) is 19.0 Å². The van der Waals surface area contributed by atoms with Crippen LogP contribution in [0.15, 0.2) is 30.3 Å². The second-order valence-corrected chi connectivity index (χ2v) is 5.39. The van der Waals surface area contributed by atoms with Gasteiger partial charge in [0.25, 0.3) is 0 Å². The number of hydrogen-bond donors (Lipinski definition) is 2. The quantitative estimate of drug-likeness (QED) is 0.799. The molecule has 0 saturated heterocycles. The second kappa shape index (κ2) is 7.29. The molecule has 1 aliphatic rings. The lowest BCUT2D eigenvalue weighted by Gasteiger charge is -2.28. The molecule has 2 rings (SSSR count). The molecule has 0 heterocycles. The van der Waals surface area contributed by atoms with Gasteiger partial charge in [0.1, 0.15) is 0 Å². The first-order valence-corrected chi connectivity index (χ1v) is 7.34. The molecule has 0 bridgehead atoms. The first-order chi connectivity index (χ1) is 9.31. The molecule has 19 heavy (non-hydrogen) atoms. The van der Waals surface area contributed by atoms with Crippen molar-refractivity contribution in [2.24, 2.45) is 11.7 Å². The van der Waals surface area contributed by atoms with Gasteiger partial charge >= 0.3 is 0 Å². The first-order valence-electron chi connectivity index (χ1n) is 7.34. The molecule has 1 aliphatic carbocycles. The third-order valence-corrected chi connectivity index (χ3v) is 4.05. The summed E-state index contributed by atoms with van der Waals surface area (Å²) < 4.78 is 0. The minimum atomic E-state index is 0.206. The van der Waals surface area contributed by atoms with Crippen molar-refractivity contribution >= 4 is 5.91 Å². The Morgan fingerprint density at radius 3 is 2.47 bits per heavy atom. The number of nitrogens with two attached hydrogens (primary N) is 1. The molecule has 0 radical (unpaired) electrons. The largest absolute Gasteiger partial charge is 0.356 e. The Bertz CT molecular complexity index is 383. The van der Waals surface area contributed by atoms with Gasteiger partial charge in [0.2, 0.25) is 5.91 Å². The maximum atomic E-state index is 12.0. The van der Waals surface area contributed by atoms with E-state index in [2.05, 4.69) is 35.6 Å². The highest BCUT2D eigenvalue weighted by Crippen LogP contribution is 2.35. The standard InChI is InChI=1S/C16H24N2O/c17-11-4-12-18-16(19)15-9-7-14(8-10-15)13-5-2-1-3-6-13/h1-3,5-6,14-15H,4,7-12,17H2,(H,18,19). The topological polar surface area (TPSA) is 55.1 Å². The van der Waals surface area contributed by atoms with E-state index in [-0.39, 0.29) is 11.8 Å². The number of rotatable bonds is 5. The second-order valence-electron chi connectivity index (χ2n) is 5.39. The molecular formula is C16H24N2O. The molecular weight excluding hydrogens is 236 g/mol. The van der Waals surface area contributed by atoms with E-state index in [0.717, 1.165) is 32.1 Å². The van der Waals surface area contributed by atoms with E-state index in [9.17, 15) is 4.79 Å². The number of amides is 1. The molecule has 1 aromatic rings. The molecule has 3 heteroatoms. The molecule has 0 aromatic heterocycles. The minimum Gasteiger partial charge on any atom is -0.356 e. The summed E-state index contributed by atoms with van der Waals surface area (Å²) in [7, 11) is 0. The van der Waals surface area contributed by atoms with Gasteiger partial charge in [0.05, 0.1) is 0 Å². The Balaban J connectivity index is 1.77. The molecule has 0 spiro atoms. The highest BCUT2D eigenvalue weighted by molar-refractivity contribution is 5.78. The summed E-state index contributed by atoms with van der Waals surface area (Å²) in [5.74, 6) is 1.06. The molecule has 104 valence electrons. The SMILES string of the molecule is NCCCNC(=O)C1CCC(c2ccccc2)CC1. The van der Waals surface area contributed by atoms with E-state index >= 15 is 0 Å². The van der Waals surface area contributed by atoms with E-state index in [4.69, 9.17) is 5.73 Å². The van der Waals surface area contributed by atoms with Gasteiger partial charge in [-0.05, 0) is 50.1 Å². The summed E-state index contributed by atoms with van der Waals surface area (Å²) in [6.45, 7) is 1.36. The van der Waals surface area contributed by atoms with E-state index in [1.807, 2.05) is 0 Å². The fourth-order valence-corrected chi connectivity index (χ4v) is 2.87. The highest BCUT2D eigenvalue weighted by atomic mass is 16.1. The number of benzene rings is 1. The Kier molecular flexibility index (Phi) is 5.40. The van der Waals surface area contributed by atoms with Crippen LogP contribution in [0.25, 0.3) is 0 Å². The van der Waals surface area contributed by atoms with Gasteiger partial charge in [0, 0.05) is 12.5 Å². The van der Waals surface area contributed by atoms with Crippen molar-refractivity contribution in [3.05, 3.63) is 35.9 Å². The Labute approximate surface area is 115 Å². The normalized spacial score (nSPS) is 23.0. The van der Waals surface area contributed by atoms with E-state index < -0.39 is 0 Å². The van der Waals surface area contributed by atoms with Crippen LogP contribution in [0.5, 0.6) is 0 Å². The van der Waals surface area contributed by atoms with Gasteiger partial charge in [-0.25, -0.2) is 0 Å². The lowest BCUT2D eigenvalue weighted by molar-refractivity contribution is -0.126.